The summed E-state index contributed by atoms with van der Waals surface area (Å²) in [6, 6.07) is 18.8. The number of hydrogen-bond donors (Lipinski definition) is 0. The zero-order valence-corrected chi connectivity index (χ0v) is 15.8. The average Bonchev–Trinajstić information content (AvgIpc) is 2.81. The van der Waals surface area contributed by atoms with Gasteiger partial charge >= 0.3 is 0 Å². The van der Waals surface area contributed by atoms with Crippen molar-refractivity contribution in [1.82, 2.24) is 0 Å². The van der Waals surface area contributed by atoms with Gasteiger partial charge in [-0.25, -0.2) is 0 Å². The van der Waals surface area contributed by atoms with Crippen molar-refractivity contribution in [1.29, 1.82) is 0 Å². The van der Waals surface area contributed by atoms with Crippen LogP contribution in [-0.2, 0) is 4.79 Å². The van der Waals surface area contributed by atoms with E-state index in [0.717, 1.165) is 18.7 Å². The number of carbonyl (C=O) groups is 1. The lowest BCUT2D eigenvalue weighted by atomic mass is 9.87. The van der Waals surface area contributed by atoms with Crippen LogP contribution in [0.15, 0.2) is 54.6 Å². The maximum Gasteiger partial charge on any atom is 0.227 e. The molecule has 1 unspecified atom stereocenters. The molecule has 0 aliphatic carbocycles. The van der Waals surface area contributed by atoms with E-state index in [9.17, 15) is 4.79 Å². The number of para-hydroxylation sites is 1. The van der Waals surface area contributed by atoms with E-state index in [-0.39, 0.29) is 5.91 Å². The number of fused-ring (bicyclic) bond motifs is 1. The lowest BCUT2D eigenvalue weighted by Crippen LogP contribution is -2.29. The number of benzene rings is 2. The summed E-state index contributed by atoms with van der Waals surface area (Å²) in [4.78, 5) is 14.2. The van der Waals surface area contributed by atoms with Crippen LogP contribution in [0.1, 0.15) is 64.5 Å². The minimum Gasteiger partial charge on any atom is -0.312 e. The summed E-state index contributed by atoms with van der Waals surface area (Å²) in [7, 11) is 0. The molecule has 0 fully saturated rings. The summed E-state index contributed by atoms with van der Waals surface area (Å²) in [5.41, 5.74) is 3.64. The van der Waals surface area contributed by atoms with Crippen LogP contribution in [0.3, 0.4) is 0 Å². The van der Waals surface area contributed by atoms with Crippen molar-refractivity contribution in [2.75, 3.05) is 11.4 Å². The second-order valence-electron chi connectivity index (χ2n) is 5.20. The number of carbonyl (C=O) groups excluding carboxylic acids is 1. The largest absolute Gasteiger partial charge is 0.312 e. The Kier molecular flexibility index (Phi) is 8.85. The Morgan fingerprint density at radius 1 is 0.917 bits per heavy atom. The number of amides is 1. The van der Waals surface area contributed by atoms with Crippen LogP contribution in [0.5, 0.6) is 0 Å². The molecule has 1 atom stereocenters. The van der Waals surface area contributed by atoms with Gasteiger partial charge < -0.3 is 4.90 Å². The first-order chi connectivity index (χ1) is 11.8. The van der Waals surface area contributed by atoms with E-state index in [1.807, 2.05) is 51.7 Å². The minimum atomic E-state index is 0.235. The standard InChI is InChI=1S/C18H19NO.2C2H6/c1-2-19-17-11-7-6-10-16(17)15(12-13-18(19)20)14-8-4-3-5-9-14;2*1-2/h3-11,15H,2,12-13H2,1H3;2*1-2H3. The Morgan fingerprint density at radius 2 is 1.50 bits per heavy atom. The van der Waals surface area contributed by atoms with E-state index >= 15 is 0 Å². The summed E-state index contributed by atoms with van der Waals surface area (Å²) < 4.78 is 0. The summed E-state index contributed by atoms with van der Waals surface area (Å²) in [6.07, 6.45) is 1.50. The van der Waals surface area contributed by atoms with Gasteiger partial charge in [0.05, 0.1) is 0 Å². The fourth-order valence-electron chi connectivity index (χ4n) is 3.10. The topological polar surface area (TPSA) is 20.3 Å². The maximum atomic E-state index is 12.3. The Balaban J connectivity index is 0.000000671. The molecule has 2 heteroatoms. The molecule has 0 radical (unpaired) electrons. The SMILES string of the molecule is CC.CC.CCN1C(=O)CCC(c2ccccc2)c2ccccc21. The van der Waals surface area contributed by atoms with Crippen molar-refractivity contribution in [3.8, 4) is 0 Å². The molecule has 2 aromatic carbocycles. The van der Waals surface area contributed by atoms with Crippen LogP contribution < -0.4 is 4.90 Å². The quantitative estimate of drug-likeness (QED) is 0.661. The molecule has 3 rings (SSSR count). The Labute approximate surface area is 147 Å². The normalized spacial score (nSPS) is 16.0. The first-order valence-electron chi connectivity index (χ1n) is 9.25. The predicted molar refractivity (Wildman–Crippen MR) is 105 cm³/mol. The lowest BCUT2D eigenvalue weighted by Gasteiger charge is -2.23. The zero-order chi connectivity index (χ0) is 17.9. The molecule has 0 aromatic heterocycles. The van der Waals surface area contributed by atoms with Gasteiger partial charge in [0.25, 0.3) is 0 Å². The highest BCUT2D eigenvalue weighted by Crippen LogP contribution is 2.38. The van der Waals surface area contributed by atoms with E-state index in [1.54, 1.807) is 0 Å². The molecule has 2 nitrogen and oxygen atoms in total. The van der Waals surface area contributed by atoms with Gasteiger partial charge in [-0.05, 0) is 30.5 Å². The van der Waals surface area contributed by atoms with Crippen LogP contribution in [0, 0.1) is 0 Å². The molecule has 0 bridgehead atoms. The van der Waals surface area contributed by atoms with Gasteiger partial charge in [0.1, 0.15) is 0 Å². The molecule has 0 saturated carbocycles. The number of hydrogen-bond acceptors (Lipinski definition) is 1. The van der Waals surface area contributed by atoms with E-state index < -0.39 is 0 Å². The van der Waals surface area contributed by atoms with Crippen LogP contribution in [-0.4, -0.2) is 12.5 Å². The average molecular weight is 325 g/mol. The van der Waals surface area contributed by atoms with Crippen LogP contribution in [0.25, 0.3) is 0 Å². The second kappa shape index (κ2) is 10.6. The maximum absolute atomic E-state index is 12.3. The minimum absolute atomic E-state index is 0.235. The highest BCUT2D eigenvalue weighted by molar-refractivity contribution is 5.95. The van der Waals surface area contributed by atoms with Gasteiger partial charge in [-0.15, -0.1) is 0 Å². The number of rotatable bonds is 2. The Bertz CT molecular complexity index is 606. The molecule has 0 spiro atoms. The third kappa shape index (κ3) is 4.47. The zero-order valence-electron chi connectivity index (χ0n) is 15.8. The molecule has 24 heavy (non-hydrogen) atoms. The summed E-state index contributed by atoms with van der Waals surface area (Å²) in [5, 5.41) is 0. The summed E-state index contributed by atoms with van der Waals surface area (Å²) >= 11 is 0. The molecule has 0 saturated heterocycles. The van der Waals surface area contributed by atoms with E-state index in [0.29, 0.717) is 12.3 Å². The first kappa shape index (κ1) is 20.0. The van der Waals surface area contributed by atoms with Crippen molar-refractivity contribution in [3.63, 3.8) is 0 Å². The van der Waals surface area contributed by atoms with Gasteiger partial charge in [-0.3, -0.25) is 4.79 Å². The molecular weight excluding hydrogens is 294 g/mol. The van der Waals surface area contributed by atoms with E-state index in [2.05, 4.69) is 42.5 Å². The monoisotopic (exact) mass is 325 g/mol. The third-order valence-corrected chi connectivity index (χ3v) is 4.07. The second-order valence-corrected chi connectivity index (χ2v) is 5.20. The molecular formula is C22H31NO. The smallest absolute Gasteiger partial charge is 0.227 e. The van der Waals surface area contributed by atoms with E-state index in [4.69, 9.17) is 0 Å². The summed E-state index contributed by atoms with van der Waals surface area (Å²) in [6.45, 7) is 10.8. The highest BCUT2D eigenvalue weighted by atomic mass is 16.2. The predicted octanol–water partition coefficient (Wildman–Crippen LogP) is 6.02. The fourth-order valence-corrected chi connectivity index (χ4v) is 3.10. The van der Waals surface area contributed by atoms with Crippen LogP contribution in [0.4, 0.5) is 5.69 Å². The van der Waals surface area contributed by atoms with Gasteiger partial charge in [0, 0.05) is 24.6 Å². The molecule has 2 aromatic rings. The lowest BCUT2D eigenvalue weighted by molar-refractivity contribution is -0.118. The van der Waals surface area contributed by atoms with Crippen molar-refractivity contribution in [2.45, 2.75) is 53.4 Å². The molecule has 1 aliphatic rings. The van der Waals surface area contributed by atoms with Gasteiger partial charge in [0.2, 0.25) is 5.91 Å². The molecule has 1 aliphatic heterocycles. The van der Waals surface area contributed by atoms with Crippen LogP contribution >= 0.6 is 0 Å². The number of nitrogens with zero attached hydrogens (tertiary/aromatic N) is 1. The molecule has 1 amide bonds. The molecule has 1 heterocycles. The highest BCUT2D eigenvalue weighted by Gasteiger charge is 2.27. The van der Waals surface area contributed by atoms with Crippen LogP contribution in [0.2, 0.25) is 0 Å². The van der Waals surface area contributed by atoms with Gasteiger partial charge in [0.15, 0.2) is 0 Å². The van der Waals surface area contributed by atoms with Gasteiger partial charge in [-0.1, -0.05) is 76.2 Å². The Hall–Kier alpha value is -2.09. The fraction of sp³-hybridized carbons (Fsp3) is 0.409. The van der Waals surface area contributed by atoms with Crippen molar-refractivity contribution < 1.29 is 4.79 Å². The summed E-state index contributed by atoms with van der Waals surface area (Å²) in [5.74, 6) is 0.547. The number of anilines is 1. The van der Waals surface area contributed by atoms with Crippen molar-refractivity contribution in [2.24, 2.45) is 0 Å². The van der Waals surface area contributed by atoms with Crippen molar-refractivity contribution >= 4 is 11.6 Å². The van der Waals surface area contributed by atoms with E-state index in [1.165, 1.54) is 11.1 Å². The van der Waals surface area contributed by atoms with Gasteiger partial charge in [-0.2, -0.15) is 0 Å². The molecule has 0 N–H and O–H groups in total. The Morgan fingerprint density at radius 3 is 2.12 bits per heavy atom. The molecule has 130 valence electrons. The van der Waals surface area contributed by atoms with Crippen molar-refractivity contribution in [3.05, 3.63) is 65.7 Å². The third-order valence-electron chi connectivity index (χ3n) is 4.07. The first-order valence-corrected chi connectivity index (χ1v) is 9.25.